The van der Waals surface area contributed by atoms with E-state index < -0.39 is 10.0 Å². The second-order valence-corrected chi connectivity index (χ2v) is 11.8. The lowest BCUT2D eigenvalue weighted by atomic mass is 10.2. The van der Waals surface area contributed by atoms with Crippen molar-refractivity contribution in [3.63, 3.8) is 0 Å². The minimum atomic E-state index is -3.80. The van der Waals surface area contributed by atoms with Crippen LogP contribution in [0, 0.1) is 6.92 Å². The van der Waals surface area contributed by atoms with Crippen LogP contribution in [0.3, 0.4) is 0 Å². The lowest BCUT2D eigenvalue weighted by molar-refractivity contribution is -0.114. The molecule has 1 fully saturated rings. The summed E-state index contributed by atoms with van der Waals surface area (Å²) in [5, 5.41) is 7.75. The standard InChI is InChI=1S/C25H26N6O4S2/c1-17-8-9-21(26-18(2)32)22(14-17)37(34,35)30-12-10-29(11-13-30)16-20-15-23(33)31-25(27-20)36-24(28-31)19-6-4-3-5-7-19/h3-9,14-15H,10-13,16H2,1-2H3,(H,26,32). The summed E-state index contributed by atoms with van der Waals surface area (Å²) in [5.74, 6) is -0.331. The lowest BCUT2D eigenvalue weighted by Gasteiger charge is -2.34. The van der Waals surface area contributed by atoms with Gasteiger partial charge in [-0.15, -0.1) is 0 Å². The van der Waals surface area contributed by atoms with E-state index in [0.717, 1.165) is 16.1 Å². The minimum Gasteiger partial charge on any atom is -0.325 e. The van der Waals surface area contributed by atoms with Gasteiger partial charge in [-0.2, -0.15) is 13.9 Å². The number of piperazine rings is 1. The largest absolute Gasteiger partial charge is 0.325 e. The molecule has 1 amide bonds. The van der Waals surface area contributed by atoms with Gasteiger partial charge in [0.1, 0.15) is 9.90 Å². The highest BCUT2D eigenvalue weighted by atomic mass is 32.2. The van der Waals surface area contributed by atoms with Crippen molar-refractivity contribution >= 4 is 37.9 Å². The maximum atomic E-state index is 13.4. The highest BCUT2D eigenvalue weighted by Crippen LogP contribution is 2.27. The van der Waals surface area contributed by atoms with Crippen LogP contribution in [0.2, 0.25) is 0 Å². The zero-order valence-electron chi connectivity index (χ0n) is 20.4. The first-order valence-corrected chi connectivity index (χ1v) is 14.0. The van der Waals surface area contributed by atoms with Crippen molar-refractivity contribution in [2.24, 2.45) is 0 Å². The number of amides is 1. The molecule has 2 aromatic carbocycles. The number of carbonyl (C=O) groups excluding carboxylic acids is 1. The van der Waals surface area contributed by atoms with E-state index in [-0.39, 0.29) is 35.1 Å². The number of benzene rings is 2. The quantitative estimate of drug-likeness (QED) is 0.401. The van der Waals surface area contributed by atoms with E-state index in [9.17, 15) is 18.0 Å². The van der Waals surface area contributed by atoms with E-state index in [4.69, 9.17) is 0 Å². The first-order valence-electron chi connectivity index (χ1n) is 11.8. The molecule has 0 unspecified atom stereocenters. The summed E-state index contributed by atoms with van der Waals surface area (Å²) in [6.07, 6.45) is 0. The molecule has 10 nitrogen and oxygen atoms in total. The van der Waals surface area contributed by atoms with Crippen LogP contribution in [0.25, 0.3) is 15.5 Å². The van der Waals surface area contributed by atoms with Gasteiger partial charge in [0.15, 0.2) is 0 Å². The molecule has 0 spiro atoms. The topological polar surface area (TPSA) is 117 Å². The maximum Gasteiger partial charge on any atom is 0.275 e. The van der Waals surface area contributed by atoms with E-state index >= 15 is 0 Å². The Bertz CT molecular complexity index is 1620. The molecule has 1 saturated heterocycles. The van der Waals surface area contributed by atoms with Gasteiger partial charge in [0.05, 0.1) is 11.4 Å². The summed E-state index contributed by atoms with van der Waals surface area (Å²) < 4.78 is 29.6. The van der Waals surface area contributed by atoms with Crippen molar-refractivity contribution < 1.29 is 13.2 Å². The van der Waals surface area contributed by atoms with Crippen molar-refractivity contribution in [2.45, 2.75) is 25.3 Å². The van der Waals surface area contributed by atoms with E-state index in [1.807, 2.05) is 37.3 Å². The van der Waals surface area contributed by atoms with E-state index in [0.29, 0.717) is 30.3 Å². The van der Waals surface area contributed by atoms with Gasteiger partial charge in [0, 0.05) is 51.3 Å². The van der Waals surface area contributed by atoms with E-state index in [2.05, 4.69) is 20.3 Å². The maximum absolute atomic E-state index is 13.4. The molecule has 0 saturated carbocycles. The van der Waals surface area contributed by atoms with Crippen LogP contribution in [-0.2, 0) is 21.4 Å². The molecule has 0 bridgehead atoms. The van der Waals surface area contributed by atoms with E-state index in [1.54, 1.807) is 18.2 Å². The van der Waals surface area contributed by atoms with Crippen molar-refractivity contribution in [1.82, 2.24) is 23.8 Å². The first kappa shape index (κ1) is 25.2. The summed E-state index contributed by atoms with van der Waals surface area (Å²) >= 11 is 1.35. The van der Waals surface area contributed by atoms with Crippen molar-refractivity contribution in [2.75, 3.05) is 31.5 Å². The van der Waals surface area contributed by atoms with Crippen LogP contribution in [0.15, 0.2) is 64.3 Å². The molecule has 2 aromatic heterocycles. The second-order valence-electron chi connectivity index (χ2n) is 8.91. The number of carbonyl (C=O) groups is 1. The molecule has 0 aliphatic carbocycles. The third-order valence-corrected chi connectivity index (χ3v) is 9.00. The number of anilines is 1. The highest BCUT2D eigenvalue weighted by Gasteiger charge is 2.31. The summed E-state index contributed by atoms with van der Waals surface area (Å²) in [5.41, 5.74) is 2.36. The normalized spacial score (nSPS) is 15.2. The summed E-state index contributed by atoms with van der Waals surface area (Å²) in [4.78, 5) is 31.6. The predicted octanol–water partition coefficient (Wildman–Crippen LogP) is 2.59. The fraction of sp³-hybridized carbons (Fsp3) is 0.280. The third-order valence-electron chi connectivity index (χ3n) is 6.10. The van der Waals surface area contributed by atoms with Gasteiger partial charge in [-0.25, -0.2) is 13.4 Å². The van der Waals surface area contributed by atoms with Gasteiger partial charge >= 0.3 is 0 Å². The van der Waals surface area contributed by atoms with Crippen LogP contribution < -0.4 is 10.9 Å². The fourth-order valence-electron chi connectivity index (χ4n) is 4.27. The molecular weight excluding hydrogens is 512 g/mol. The van der Waals surface area contributed by atoms with Crippen molar-refractivity contribution in [1.29, 1.82) is 0 Å². The molecule has 37 heavy (non-hydrogen) atoms. The number of hydrogen-bond acceptors (Lipinski definition) is 8. The van der Waals surface area contributed by atoms with Gasteiger partial charge in [-0.3, -0.25) is 14.5 Å². The van der Waals surface area contributed by atoms with Crippen molar-refractivity contribution in [3.05, 3.63) is 76.2 Å². The molecule has 4 aromatic rings. The molecule has 1 N–H and O–H groups in total. The number of hydrogen-bond donors (Lipinski definition) is 1. The number of nitrogens with one attached hydrogen (secondary N) is 1. The van der Waals surface area contributed by atoms with Gasteiger partial charge in [0.25, 0.3) is 5.56 Å². The monoisotopic (exact) mass is 538 g/mol. The molecule has 1 aliphatic heterocycles. The summed E-state index contributed by atoms with van der Waals surface area (Å²) in [6.45, 7) is 5.14. The minimum absolute atomic E-state index is 0.0932. The molecular formula is C25H26N6O4S2. The second kappa shape index (κ2) is 10.1. The van der Waals surface area contributed by atoms with E-state index in [1.165, 1.54) is 33.1 Å². The Labute approximate surface area is 218 Å². The average Bonchev–Trinajstić information content (AvgIpc) is 3.31. The highest BCUT2D eigenvalue weighted by molar-refractivity contribution is 7.89. The Morgan fingerprint density at radius 1 is 1.05 bits per heavy atom. The Kier molecular flexibility index (Phi) is 6.90. The Morgan fingerprint density at radius 3 is 2.49 bits per heavy atom. The first-order chi connectivity index (χ1) is 17.7. The predicted molar refractivity (Wildman–Crippen MR) is 142 cm³/mol. The fourth-order valence-corrected chi connectivity index (χ4v) is 6.85. The van der Waals surface area contributed by atoms with Crippen LogP contribution >= 0.6 is 11.3 Å². The molecule has 0 radical (unpaired) electrons. The lowest BCUT2D eigenvalue weighted by Crippen LogP contribution is -2.48. The summed E-state index contributed by atoms with van der Waals surface area (Å²) in [7, 11) is -3.80. The number of rotatable bonds is 6. The number of nitrogens with zero attached hydrogens (tertiary/aromatic N) is 5. The Hall–Kier alpha value is -3.45. The van der Waals surface area contributed by atoms with Gasteiger partial charge < -0.3 is 5.32 Å². The molecule has 3 heterocycles. The summed E-state index contributed by atoms with van der Waals surface area (Å²) in [6, 6.07) is 16.1. The SMILES string of the molecule is CC(=O)Nc1ccc(C)cc1S(=O)(=O)N1CCN(Cc2cc(=O)n3nc(-c4ccccc4)sc3n2)CC1. The Morgan fingerprint density at radius 2 is 1.78 bits per heavy atom. The smallest absolute Gasteiger partial charge is 0.275 e. The number of aromatic nitrogens is 3. The third kappa shape index (κ3) is 5.32. The van der Waals surface area contributed by atoms with Gasteiger partial charge in [-0.05, 0) is 24.6 Å². The molecule has 5 rings (SSSR count). The van der Waals surface area contributed by atoms with Crippen molar-refractivity contribution in [3.8, 4) is 10.6 Å². The average molecular weight is 539 g/mol. The van der Waals surface area contributed by atoms with Crippen LogP contribution in [0.1, 0.15) is 18.2 Å². The number of sulfonamides is 1. The van der Waals surface area contributed by atoms with Gasteiger partial charge in [0.2, 0.25) is 20.9 Å². The van der Waals surface area contributed by atoms with Crippen LogP contribution in [0.4, 0.5) is 5.69 Å². The zero-order chi connectivity index (χ0) is 26.2. The van der Waals surface area contributed by atoms with Crippen LogP contribution in [0.5, 0.6) is 0 Å². The number of fused-ring (bicyclic) bond motifs is 1. The molecule has 0 atom stereocenters. The van der Waals surface area contributed by atoms with Gasteiger partial charge in [-0.1, -0.05) is 47.7 Å². The van der Waals surface area contributed by atoms with Crippen LogP contribution in [-0.4, -0.2) is 64.3 Å². The zero-order valence-corrected chi connectivity index (χ0v) is 22.1. The molecule has 192 valence electrons. The molecule has 1 aliphatic rings. The number of aryl methyl sites for hydroxylation is 1. The molecule has 12 heteroatoms. The Balaban J connectivity index is 1.30.